The molecule has 3 nitrogen and oxygen atoms in total. The van der Waals surface area contributed by atoms with Crippen LogP contribution in [0.3, 0.4) is 0 Å². The van der Waals surface area contributed by atoms with Crippen LogP contribution in [-0.4, -0.2) is 37.0 Å². The van der Waals surface area contributed by atoms with E-state index in [9.17, 15) is 0 Å². The summed E-state index contributed by atoms with van der Waals surface area (Å²) in [7, 11) is 1.97. The lowest BCUT2D eigenvalue weighted by atomic mass is 10.0. The lowest BCUT2D eigenvalue weighted by molar-refractivity contribution is 0.185. The molecule has 3 unspecified atom stereocenters. The molecule has 0 aromatic rings. The van der Waals surface area contributed by atoms with Gasteiger partial charge in [0.05, 0.1) is 12.0 Å². The van der Waals surface area contributed by atoms with Gasteiger partial charge in [-0.05, 0) is 51.1 Å². The molecule has 0 heterocycles. The van der Waals surface area contributed by atoms with Gasteiger partial charge in [-0.25, -0.2) is 0 Å². The number of rotatable bonds is 15. The van der Waals surface area contributed by atoms with Crippen molar-refractivity contribution in [1.82, 2.24) is 10.2 Å². The van der Waals surface area contributed by atoms with Crippen molar-refractivity contribution in [2.45, 2.75) is 79.2 Å². The van der Waals surface area contributed by atoms with Crippen molar-refractivity contribution in [2.24, 2.45) is 11.8 Å². The van der Waals surface area contributed by atoms with Gasteiger partial charge in [-0.1, -0.05) is 52.5 Å². The van der Waals surface area contributed by atoms with E-state index in [0.717, 1.165) is 24.8 Å². The maximum Gasteiger partial charge on any atom is 0.0694 e. The van der Waals surface area contributed by atoms with Crippen LogP contribution < -0.4 is 5.32 Å². The number of unbranched alkanes of at least 4 members (excludes halogenated alkanes) is 3. The van der Waals surface area contributed by atoms with Gasteiger partial charge in [-0.15, -0.1) is 11.8 Å². The molecule has 0 saturated heterocycles. The molecule has 1 N–H and O–H groups in total. The summed E-state index contributed by atoms with van der Waals surface area (Å²) in [5.74, 6) is 1.64. The van der Waals surface area contributed by atoms with Gasteiger partial charge in [-0.3, -0.25) is 0 Å². The number of allylic oxidation sites excluding steroid dienone is 1. The minimum atomic E-state index is -0.0147. The number of hydrogen-bond acceptors (Lipinski definition) is 4. The van der Waals surface area contributed by atoms with Gasteiger partial charge in [0.1, 0.15) is 0 Å². The molecule has 0 fully saturated rings. The summed E-state index contributed by atoms with van der Waals surface area (Å²) in [6.07, 6.45) is 9.94. The highest BCUT2D eigenvalue weighted by molar-refractivity contribution is 8.03. The van der Waals surface area contributed by atoms with Crippen molar-refractivity contribution in [1.29, 1.82) is 5.26 Å². The lowest BCUT2D eigenvalue weighted by Crippen LogP contribution is -2.36. The molecule has 0 aliphatic heterocycles. The van der Waals surface area contributed by atoms with E-state index in [-0.39, 0.29) is 5.92 Å². The van der Waals surface area contributed by atoms with Crippen LogP contribution in [0.1, 0.15) is 73.1 Å². The number of nitriles is 1. The van der Waals surface area contributed by atoms with Gasteiger partial charge in [-0.2, -0.15) is 5.26 Å². The summed E-state index contributed by atoms with van der Waals surface area (Å²) in [5.41, 5.74) is 0. The highest BCUT2D eigenvalue weighted by atomic mass is 32.2. The van der Waals surface area contributed by atoms with Crippen molar-refractivity contribution in [3.05, 3.63) is 11.0 Å². The van der Waals surface area contributed by atoms with Gasteiger partial charge in [0.25, 0.3) is 0 Å². The van der Waals surface area contributed by atoms with Gasteiger partial charge in [0.2, 0.25) is 0 Å². The fourth-order valence-electron chi connectivity index (χ4n) is 3.11. The quantitative estimate of drug-likeness (QED) is 0.300. The normalized spacial score (nSPS) is 15.8. The summed E-state index contributed by atoms with van der Waals surface area (Å²) in [6, 6.07) is 2.85. The predicted molar refractivity (Wildman–Crippen MR) is 114 cm³/mol. The first-order valence-electron chi connectivity index (χ1n) is 10.1. The van der Waals surface area contributed by atoms with Crippen LogP contribution >= 0.6 is 11.8 Å². The van der Waals surface area contributed by atoms with Crippen LogP contribution in [0.2, 0.25) is 0 Å². The zero-order chi connectivity index (χ0) is 19.1. The fourth-order valence-corrected chi connectivity index (χ4v) is 4.10. The second-order valence-corrected chi connectivity index (χ2v) is 8.39. The Kier molecular flexibility index (Phi) is 15.4. The number of hydrogen-bond donors (Lipinski definition) is 1. The molecule has 0 radical (unpaired) electrons. The largest absolute Gasteiger partial charge is 0.311 e. The molecule has 0 amide bonds. The topological polar surface area (TPSA) is 39.1 Å². The first-order valence-corrected chi connectivity index (χ1v) is 11.1. The zero-order valence-corrected chi connectivity index (χ0v) is 18.3. The van der Waals surface area contributed by atoms with E-state index in [4.69, 9.17) is 5.26 Å². The van der Waals surface area contributed by atoms with E-state index in [2.05, 4.69) is 50.1 Å². The molecule has 4 heteroatoms. The van der Waals surface area contributed by atoms with E-state index in [1.807, 2.05) is 25.7 Å². The molecular formula is C21H41N3S. The van der Waals surface area contributed by atoms with E-state index in [1.54, 1.807) is 0 Å². The van der Waals surface area contributed by atoms with Crippen LogP contribution in [0.25, 0.3) is 0 Å². The molecule has 0 aromatic carbocycles. The van der Waals surface area contributed by atoms with E-state index >= 15 is 0 Å². The van der Waals surface area contributed by atoms with Crippen LogP contribution in [0.15, 0.2) is 11.0 Å². The average molecular weight is 368 g/mol. The fraction of sp³-hybridized carbons (Fsp3) is 0.857. The molecule has 3 atom stereocenters. The molecule has 0 aliphatic carbocycles. The number of thioether (sulfide) groups is 1. The van der Waals surface area contributed by atoms with Crippen LogP contribution in [0, 0.1) is 23.2 Å². The Labute approximate surface area is 161 Å². The average Bonchev–Trinajstić information content (AvgIpc) is 2.60. The van der Waals surface area contributed by atoms with Gasteiger partial charge >= 0.3 is 0 Å². The summed E-state index contributed by atoms with van der Waals surface area (Å²) in [5, 5.41) is 12.3. The lowest BCUT2D eigenvalue weighted by Gasteiger charge is -2.31. The van der Waals surface area contributed by atoms with E-state index in [1.165, 1.54) is 43.6 Å². The Balaban J connectivity index is 4.58. The smallest absolute Gasteiger partial charge is 0.0694 e. The third kappa shape index (κ3) is 12.5. The molecule has 0 spiro atoms. The van der Waals surface area contributed by atoms with Crippen LogP contribution in [0.5, 0.6) is 0 Å². The number of nitrogens with zero attached hydrogens (tertiary/aromatic N) is 2. The predicted octanol–water partition coefficient (Wildman–Crippen LogP) is 5.65. The van der Waals surface area contributed by atoms with E-state index < -0.39 is 0 Å². The molecule has 0 aromatic heterocycles. The summed E-state index contributed by atoms with van der Waals surface area (Å²) in [4.78, 5) is 3.94. The number of nitrogens with one attached hydrogen (secondary N) is 1. The molecule has 0 aliphatic rings. The third-order valence-electron chi connectivity index (χ3n) is 4.66. The monoisotopic (exact) mass is 367 g/mol. The van der Waals surface area contributed by atoms with Crippen LogP contribution in [-0.2, 0) is 0 Å². The molecular weight excluding hydrogens is 326 g/mol. The molecule has 0 rings (SSSR count). The Morgan fingerprint density at radius 2 is 1.92 bits per heavy atom. The Morgan fingerprint density at radius 1 is 1.20 bits per heavy atom. The highest BCUT2D eigenvalue weighted by Gasteiger charge is 2.17. The van der Waals surface area contributed by atoms with Crippen LogP contribution in [0.4, 0.5) is 0 Å². The highest BCUT2D eigenvalue weighted by Crippen LogP contribution is 2.25. The Hall–Kier alpha value is -0.500. The van der Waals surface area contributed by atoms with Crippen molar-refractivity contribution in [3.8, 4) is 6.07 Å². The van der Waals surface area contributed by atoms with Crippen molar-refractivity contribution in [3.63, 3.8) is 0 Å². The van der Waals surface area contributed by atoms with Crippen molar-refractivity contribution < 1.29 is 0 Å². The zero-order valence-electron chi connectivity index (χ0n) is 17.5. The Bertz CT molecular complexity index is 389. The summed E-state index contributed by atoms with van der Waals surface area (Å²) >= 11 is 1.83. The van der Waals surface area contributed by atoms with Gasteiger partial charge < -0.3 is 10.2 Å². The van der Waals surface area contributed by atoms with E-state index in [0.29, 0.717) is 6.04 Å². The second kappa shape index (κ2) is 15.7. The third-order valence-corrected chi connectivity index (χ3v) is 5.77. The Morgan fingerprint density at radius 3 is 2.48 bits per heavy atom. The first kappa shape index (κ1) is 24.5. The standard InChI is InChI=1S/C21H41N3S/c1-7-9-10-11-12-18(3)16-24(8-2)20(5)14-21(25-17-23-6)13-19(4)15-22/h13,18-20,23H,7-12,14,16-17H2,1-6H3/b21-13-. The molecule has 0 saturated carbocycles. The second-order valence-electron chi connectivity index (χ2n) is 7.29. The molecule has 0 bridgehead atoms. The minimum Gasteiger partial charge on any atom is -0.311 e. The molecule has 25 heavy (non-hydrogen) atoms. The maximum atomic E-state index is 9.11. The minimum absolute atomic E-state index is 0.0147. The van der Waals surface area contributed by atoms with Gasteiger partial charge in [0, 0.05) is 18.5 Å². The molecule has 146 valence electrons. The van der Waals surface area contributed by atoms with Crippen molar-refractivity contribution >= 4 is 11.8 Å². The SMILES string of the molecule is CCCCCCC(C)CN(CC)C(C)C/C(=C/C(C)C#N)SCNC. The first-order chi connectivity index (χ1) is 12.0. The summed E-state index contributed by atoms with van der Waals surface area (Å²) in [6.45, 7) is 13.5. The van der Waals surface area contributed by atoms with Crippen molar-refractivity contribution in [2.75, 3.05) is 26.0 Å². The van der Waals surface area contributed by atoms with Gasteiger partial charge in [0.15, 0.2) is 0 Å². The maximum absolute atomic E-state index is 9.11. The summed E-state index contributed by atoms with van der Waals surface area (Å²) < 4.78 is 0.